The largest absolute Gasteiger partial charge is 0.497 e. The first-order valence-corrected chi connectivity index (χ1v) is 10.5. The standard InChI is InChI=1S/C25H30F3NO2/c1-29(2)17-22-8-5-4-7-19(15-18-11-13-23(31-3)14-12-18)24(22,30)20-9-6-10-21(16-20)25(26,27)28/h6,9-16,22,30H,4-5,7-8,17H2,1-3H3. The Balaban J connectivity index is 2.15. The summed E-state index contributed by atoms with van der Waals surface area (Å²) in [7, 11) is 5.44. The number of alkyl halides is 3. The molecule has 1 saturated carbocycles. The number of methoxy groups -OCH3 is 1. The van der Waals surface area contributed by atoms with Crippen molar-refractivity contribution in [3.8, 4) is 5.75 Å². The Morgan fingerprint density at radius 2 is 1.84 bits per heavy atom. The minimum absolute atomic E-state index is 0.224. The lowest BCUT2D eigenvalue weighted by Crippen LogP contribution is -2.41. The molecule has 0 spiro atoms. The summed E-state index contributed by atoms with van der Waals surface area (Å²) in [4.78, 5) is 1.99. The molecule has 0 radical (unpaired) electrons. The van der Waals surface area contributed by atoms with Crippen LogP contribution in [0.1, 0.15) is 42.4 Å². The maximum absolute atomic E-state index is 13.4. The summed E-state index contributed by atoms with van der Waals surface area (Å²) in [5.41, 5.74) is -0.291. The normalized spacial score (nSPS) is 23.7. The number of aliphatic hydroxyl groups is 1. The van der Waals surface area contributed by atoms with Crippen LogP contribution in [-0.2, 0) is 11.8 Å². The third-order valence-electron chi connectivity index (χ3n) is 6.00. The number of hydrogen-bond acceptors (Lipinski definition) is 3. The zero-order valence-corrected chi connectivity index (χ0v) is 18.2. The molecule has 0 amide bonds. The maximum atomic E-state index is 13.4. The van der Waals surface area contributed by atoms with E-state index in [2.05, 4.69) is 0 Å². The van der Waals surface area contributed by atoms with Gasteiger partial charge in [-0.2, -0.15) is 13.2 Å². The van der Waals surface area contributed by atoms with Crippen LogP contribution in [0.3, 0.4) is 0 Å². The Hall–Kier alpha value is -2.31. The summed E-state index contributed by atoms with van der Waals surface area (Å²) < 4.78 is 45.6. The summed E-state index contributed by atoms with van der Waals surface area (Å²) >= 11 is 0. The molecule has 3 rings (SSSR count). The summed E-state index contributed by atoms with van der Waals surface area (Å²) in [6.45, 7) is 0.576. The zero-order chi connectivity index (χ0) is 22.6. The van der Waals surface area contributed by atoms with Gasteiger partial charge in [0.1, 0.15) is 11.4 Å². The number of ether oxygens (including phenoxy) is 1. The van der Waals surface area contributed by atoms with Gasteiger partial charge in [-0.25, -0.2) is 0 Å². The van der Waals surface area contributed by atoms with Crippen molar-refractivity contribution in [1.29, 1.82) is 0 Å². The van der Waals surface area contributed by atoms with Crippen LogP contribution in [0, 0.1) is 5.92 Å². The second-order valence-electron chi connectivity index (χ2n) is 8.49. The summed E-state index contributed by atoms with van der Waals surface area (Å²) in [6.07, 6.45) is 0.627. The summed E-state index contributed by atoms with van der Waals surface area (Å²) in [6, 6.07) is 12.6. The molecule has 3 nitrogen and oxygen atoms in total. The molecule has 6 heteroatoms. The molecular formula is C25H30F3NO2. The smallest absolute Gasteiger partial charge is 0.416 e. The average Bonchev–Trinajstić information content (AvgIpc) is 2.88. The van der Waals surface area contributed by atoms with Gasteiger partial charge in [0.2, 0.25) is 0 Å². The molecule has 31 heavy (non-hydrogen) atoms. The molecule has 1 fully saturated rings. The van der Waals surface area contributed by atoms with Gasteiger partial charge in [0.25, 0.3) is 0 Å². The molecule has 0 heterocycles. The number of nitrogens with zero attached hydrogens (tertiary/aromatic N) is 1. The van der Waals surface area contributed by atoms with Crippen LogP contribution in [-0.4, -0.2) is 37.8 Å². The van der Waals surface area contributed by atoms with E-state index in [0.29, 0.717) is 18.5 Å². The van der Waals surface area contributed by atoms with E-state index in [1.165, 1.54) is 6.07 Å². The van der Waals surface area contributed by atoms with Gasteiger partial charge < -0.3 is 14.7 Å². The third kappa shape index (κ3) is 5.31. The zero-order valence-electron chi connectivity index (χ0n) is 18.2. The van der Waals surface area contributed by atoms with Gasteiger partial charge in [0, 0.05) is 12.5 Å². The van der Waals surface area contributed by atoms with Crippen LogP contribution in [0.15, 0.2) is 54.1 Å². The van der Waals surface area contributed by atoms with Crippen molar-refractivity contribution in [3.05, 3.63) is 70.8 Å². The SMILES string of the molecule is COc1ccc(C=C2CCCCC(CN(C)C)C2(O)c2cccc(C(F)(F)F)c2)cc1. The molecule has 0 saturated heterocycles. The predicted molar refractivity (Wildman–Crippen MR) is 117 cm³/mol. The Labute approximate surface area is 182 Å². The van der Waals surface area contributed by atoms with Crippen molar-refractivity contribution in [2.24, 2.45) is 5.92 Å². The van der Waals surface area contributed by atoms with E-state index in [-0.39, 0.29) is 5.92 Å². The Morgan fingerprint density at radius 3 is 2.45 bits per heavy atom. The highest BCUT2D eigenvalue weighted by molar-refractivity contribution is 5.58. The lowest BCUT2D eigenvalue weighted by molar-refractivity contribution is -0.137. The van der Waals surface area contributed by atoms with Crippen molar-refractivity contribution < 1.29 is 23.0 Å². The van der Waals surface area contributed by atoms with Gasteiger partial charge in [-0.3, -0.25) is 0 Å². The molecule has 168 valence electrons. The Kier molecular flexibility index (Phi) is 7.12. The third-order valence-corrected chi connectivity index (χ3v) is 6.00. The van der Waals surface area contributed by atoms with Crippen LogP contribution in [0.5, 0.6) is 5.75 Å². The van der Waals surface area contributed by atoms with Crippen LogP contribution in [0.2, 0.25) is 0 Å². The topological polar surface area (TPSA) is 32.7 Å². The van der Waals surface area contributed by atoms with Crippen LogP contribution >= 0.6 is 0 Å². The van der Waals surface area contributed by atoms with Gasteiger partial charge in [0.15, 0.2) is 0 Å². The number of benzene rings is 2. The van der Waals surface area contributed by atoms with Crippen LogP contribution in [0.25, 0.3) is 6.08 Å². The molecule has 1 N–H and O–H groups in total. The lowest BCUT2D eigenvalue weighted by Gasteiger charge is -2.39. The van der Waals surface area contributed by atoms with Crippen LogP contribution in [0.4, 0.5) is 13.2 Å². The van der Waals surface area contributed by atoms with E-state index < -0.39 is 17.3 Å². The summed E-state index contributed by atoms with van der Waals surface area (Å²) in [5.74, 6) is 0.500. The van der Waals surface area contributed by atoms with Crippen molar-refractivity contribution in [2.75, 3.05) is 27.7 Å². The number of halogens is 3. The van der Waals surface area contributed by atoms with E-state index in [1.54, 1.807) is 13.2 Å². The Morgan fingerprint density at radius 1 is 1.13 bits per heavy atom. The molecule has 2 aromatic rings. The second-order valence-corrected chi connectivity index (χ2v) is 8.49. The van der Waals surface area contributed by atoms with Gasteiger partial charge in [0.05, 0.1) is 12.7 Å². The van der Waals surface area contributed by atoms with Gasteiger partial charge in [-0.1, -0.05) is 36.8 Å². The van der Waals surface area contributed by atoms with Crippen molar-refractivity contribution in [1.82, 2.24) is 4.90 Å². The quantitative estimate of drug-likeness (QED) is 0.611. The second kappa shape index (κ2) is 9.45. The predicted octanol–water partition coefficient (Wildman–Crippen LogP) is 5.74. The van der Waals surface area contributed by atoms with E-state index in [1.807, 2.05) is 49.3 Å². The minimum Gasteiger partial charge on any atom is -0.497 e. The molecule has 2 unspecified atom stereocenters. The van der Waals surface area contributed by atoms with Gasteiger partial charge in [-0.05, 0) is 74.3 Å². The highest BCUT2D eigenvalue weighted by Crippen LogP contribution is 2.46. The van der Waals surface area contributed by atoms with Gasteiger partial charge in [-0.15, -0.1) is 0 Å². The highest BCUT2D eigenvalue weighted by atomic mass is 19.4. The molecular weight excluding hydrogens is 403 g/mol. The molecule has 0 bridgehead atoms. The molecule has 2 aromatic carbocycles. The first-order chi connectivity index (χ1) is 14.6. The molecule has 2 atom stereocenters. The van der Waals surface area contributed by atoms with E-state index in [4.69, 9.17) is 4.74 Å². The van der Waals surface area contributed by atoms with E-state index >= 15 is 0 Å². The lowest BCUT2D eigenvalue weighted by atomic mass is 9.73. The van der Waals surface area contributed by atoms with Gasteiger partial charge >= 0.3 is 6.18 Å². The van der Waals surface area contributed by atoms with Crippen molar-refractivity contribution >= 4 is 6.08 Å². The van der Waals surface area contributed by atoms with Crippen LogP contribution < -0.4 is 4.74 Å². The highest BCUT2D eigenvalue weighted by Gasteiger charge is 2.44. The fourth-order valence-corrected chi connectivity index (χ4v) is 4.47. The average molecular weight is 434 g/mol. The maximum Gasteiger partial charge on any atom is 0.416 e. The fourth-order valence-electron chi connectivity index (χ4n) is 4.47. The monoisotopic (exact) mass is 433 g/mol. The minimum atomic E-state index is -4.46. The molecule has 0 aliphatic heterocycles. The molecule has 1 aliphatic carbocycles. The fraction of sp³-hybridized carbons (Fsp3) is 0.440. The van der Waals surface area contributed by atoms with E-state index in [9.17, 15) is 18.3 Å². The van der Waals surface area contributed by atoms with E-state index in [0.717, 1.165) is 48.3 Å². The first-order valence-electron chi connectivity index (χ1n) is 10.5. The summed E-state index contributed by atoms with van der Waals surface area (Å²) in [5, 5.41) is 12.2. The molecule has 1 aliphatic rings. The number of rotatable bonds is 5. The molecule has 0 aromatic heterocycles. The number of hydrogen-bond donors (Lipinski definition) is 1. The Bertz CT molecular complexity index is 906. The first kappa shape index (κ1) is 23.4. The van der Waals surface area contributed by atoms with Crippen molar-refractivity contribution in [2.45, 2.75) is 37.5 Å². The van der Waals surface area contributed by atoms with Crippen molar-refractivity contribution in [3.63, 3.8) is 0 Å².